The number of fused-ring (bicyclic) bond motifs is 1. The van der Waals surface area contributed by atoms with Crippen molar-refractivity contribution in [3.05, 3.63) is 27.2 Å². The van der Waals surface area contributed by atoms with Crippen molar-refractivity contribution >= 4 is 16.9 Å². The average molecular weight is 318 g/mol. The smallest absolute Gasteiger partial charge is 0.328 e. The number of hydrogen-bond acceptors (Lipinski definition) is 4. The van der Waals surface area contributed by atoms with Gasteiger partial charge in [0.1, 0.15) is 5.78 Å². The summed E-state index contributed by atoms with van der Waals surface area (Å²) in [5, 5.41) is 0. The van der Waals surface area contributed by atoms with E-state index < -0.39 is 0 Å². The lowest BCUT2D eigenvalue weighted by atomic mass is 9.80. The van der Waals surface area contributed by atoms with E-state index in [-0.39, 0.29) is 28.9 Å². The van der Waals surface area contributed by atoms with Crippen molar-refractivity contribution in [2.45, 2.75) is 39.2 Å². The number of aryl methyl sites for hydroxylation is 2. The number of aromatic nitrogens is 4. The Balaban J connectivity index is 1.92. The summed E-state index contributed by atoms with van der Waals surface area (Å²) in [6.45, 7) is 2.05. The van der Waals surface area contributed by atoms with Crippen LogP contribution in [0.15, 0.2) is 15.9 Å². The van der Waals surface area contributed by atoms with Gasteiger partial charge >= 0.3 is 5.69 Å². The molecule has 0 aliphatic heterocycles. The van der Waals surface area contributed by atoms with Gasteiger partial charge in [-0.1, -0.05) is 0 Å². The first kappa shape index (κ1) is 15.7. The molecule has 0 bridgehead atoms. The third-order valence-corrected chi connectivity index (χ3v) is 5.06. The van der Waals surface area contributed by atoms with Gasteiger partial charge in [-0.15, -0.1) is 0 Å². The summed E-state index contributed by atoms with van der Waals surface area (Å²) in [7, 11) is 3.39. The fourth-order valence-corrected chi connectivity index (χ4v) is 3.57. The van der Waals surface area contributed by atoms with Crippen LogP contribution in [0.1, 0.15) is 32.6 Å². The number of nitrogens with zero attached hydrogens (tertiary/aromatic N) is 4. The highest BCUT2D eigenvalue weighted by molar-refractivity contribution is 5.78. The first-order valence-electron chi connectivity index (χ1n) is 8.01. The molecule has 0 saturated heterocycles. The molecule has 1 aliphatic carbocycles. The quantitative estimate of drug-likeness (QED) is 0.839. The number of carbonyl (C=O) groups excluding carboxylic acids is 1. The molecule has 0 N–H and O–H groups in total. The predicted octanol–water partition coefficient (Wildman–Crippen LogP) is 0.829. The van der Waals surface area contributed by atoms with Gasteiger partial charge in [-0.25, -0.2) is 9.78 Å². The Labute approximate surface area is 133 Å². The molecule has 2 heterocycles. The molecule has 0 unspecified atom stereocenters. The largest absolute Gasteiger partial charge is 0.332 e. The average Bonchev–Trinajstić information content (AvgIpc) is 2.92. The van der Waals surface area contributed by atoms with E-state index in [2.05, 4.69) is 4.98 Å². The van der Waals surface area contributed by atoms with E-state index in [1.807, 2.05) is 0 Å². The fourth-order valence-electron chi connectivity index (χ4n) is 3.57. The molecule has 2 aromatic heterocycles. The minimum atomic E-state index is -0.324. The van der Waals surface area contributed by atoms with Crippen molar-refractivity contribution in [1.29, 1.82) is 0 Å². The maximum absolute atomic E-state index is 12.7. The van der Waals surface area contributed by atoms with Crippen LogP contribution in [0.5, 0.6) is 0 Å². The summed E-state index contributed by atoms with van der Waals surface area (Å²) in [4.78, 5) is 40.7. The van der Waals surface area contributed by atoms with Crippen LogP contribution in [0.4, 0.5) is 0 Å². The molecule has 0 radical (unpaired) electrons. The van der Waals surface area contributed by atoms with Crippen LogP contribution in [-0.4, -0.2) is 24.5 Å². The Morgan fingerprint density at radius 2 is 1.87 bits per heavy atom. The van der Waals surface area contributed by atoms with Gasteiger partial charge in [-0.3, -0.25) is 18.7 Å². The third kappa shape index (κ3) is 2.64. The highest BCUT2D eigenvalue weighted by Gasteiger charge is 2.25. The van der Waals surface area contributed by atoms with Crippen molar-refractivity contribution in [3.63, 3.8) is 0 Å². The molecule has 1 aliphatic rings. The summed E-state index contributed by atoms with van der Waals surface area (Å²) in [5.74, 6) is 0.653. The standard InChI is InChI=1S/C16H22N4O3/c1-10(21)12-6-4-11(5-7-12)8-20-15(22)13-14(17-9-18(13)2)19(3)16(20)23/h9,11-12H,4-8H2,1-3H3. The second-order valence-electron chi connectivity index (χ2n) is 6.61. The number of rotatable bonds is 3. The van der Waals surface area contributed by atoms with Gasteiger partial charge < -0.3 is 4.57 Å². The zero-order valence-corrected chi connectivity index (χ0v) is 13.8. The number of carbonyl (C=O) groups is 1. The molecule has 23 heavy (non-hydrogen) atoms. The van der Waals surface area contributed by atoms with Gasteiger partial charge in [0, 0.05) is 26.6 Å². The summed E-state index contributed by atoms with van der Waals surface area (Å²) >= 11 is 0. The molecule has 1 fully saturated rings. The van der Waals surface area contributed by atoms with Crippen molar-refractivity contribution in [2.75, 3.05) is 0 Å². The fraction of sp³-hybridized carbons (Fsp3) is 0.625. The number of imidazole rings is 1. The summed E-state index contributed by atoms with van der Waals surface area (Å²) in [5.41, 5.74) is 0.259. The summed E-state index contributed by atoms with van der Waals surface area (Å²) in [6, 6.07) is 0. The third-order valence-electron chi connectivity index (χ3n) is 5.06. The van der Waals surface area contributed by atoms with Gasteiger partial charge in [-0.2, -0.15) is 0 Å². The molecular formula is C16H22N4O3. The molecule has 1 saturated carbocycles. The molecular weight excluding hydrogens is 296 g/mol. The van der Waals surface area contributed by atoms with Crippen LogP contribution in [0.2, 0.25) is 0 Å². The number of hydrogen-bond donors (Lipinski definition) is 0. The molecule has 2 aromatic rings. The lowest BCUT2D eigenvalue weighted by Crippen LogP contribution is -2.41. The maximum Gasteiger partial charge on any atom is 0.332 e. The van der Waals surface area contributed by atoms with E-state index in [1.165, 1.54) is 9.13 Å². The summed E-state index contributed by atoms with van der Waals surface area (Å²) in [6.07, 6.45) is 5.01. The van der Waals surface area contributed by atoms with E-state index in [4.69, 9.17) is 0 Å². The van der Waals surface area contributed by atoms with Crippen LogP contribution >= 0.6 is 0 Å². The maximum atomic E-state index is 12.7. The van der Waals surface area contributed by atoms with Crippen molar-refractivity contribution < 1.29 is 4.79 Å². The van der Waals surface area contributed by atoms with Crippen molar-refractivity contribution in [3.8, 4) is 0 Å². The molecule has 0 atom stereocenters. The molecule has 7 nitrogen and oxygen atoms in total. The second kappa shape index (κ2) is 5.79. The monoisotopic (exact) mass is 318 g/mol. The van der Waals surface area contributed by atoms with E-state index in [1.54, 1.807) is 31.9 Å². The van der Waals surface area contributed by atoms with Crippen molar-refractivity contribution in [1.82, 2.24) is 18.7 Å². The van der Waals surface area contributed by atoms with Crippen LogP contribution in [0, 0.1) is 11.8 Å². The first-order chi connectivity index (χ1) is 10.9. The van der Waals surface area contributed by atoms with Crippen LogP contribution in [0.25, 0.3) is 11.2 Å². The Bertz CT molecular complexity index is 866. The molecule has 7 heteroatoms. The van der Waals surface area contributed by atoms with Gasteiger partial charge in [0.2, 0.25) is 0 Å². The Hall–Kier alpha value is -2.18. The number of ketones is 1. The SMILES string of the molecule is CC(=O)C1CCC(Cn2c(=O)c3c(ncn3C)n(C)c2=O)CC1. The minimum Gasteiger partial charge on any atom is -0.328 e. The Morgan fingerprint density at radius 3 is 2.48 bits per heavy atom. The molecule has 124 valence electrons. The van der Waals surface area contributed by atoms with Gasteiger partial charge in [0.05, 0.1) is 6.33 Å². The highest BCUT2D eigenvalue weighted by Crippen LogP contribution is 2.29. The van der Waals surface area contributed by atoms with Crippen LogP contribution in [0.3, 0.4) is 0 Å². The van der Waals surface area contributed by atoms with E-state index in [0.29, 0.717) is 17.7 Å². The Kier molecular flexibility index (Phi) is 3.95. The van der Waals surface area contributed by atoms with E-state index in [0.717, 1.165) is 25.7 Å². The highest BCUT2D eigenvalue weighted by atomic mass is 16.2. The van der Waals surface area contributed by atoms with E-state index in [9.17, 15) is 14.4 Å². The van der Waals surface area contributed by atoms with Crippen LogP contribution < -0.4 is 11.2 Å². The minimum absolute atomic E-state index is 0.144. The molecule has 0 amide bonds. The lowest BCUT2D eigenvalue weighted by molar-refractivity contribution is -0.121. The number of Topliss-reactive ketones (excluding diaryl/α,β-unsaturated/α-hetero) is 1. The zero-order chi connectivity index (χ0) is 16.7. The lowest BCUT2D eigenvalue weighted by Gasteiger charge is -2.27. The second-order valence-corrected chi connectivity index (χ2v) is 6.61. The molecule has 0 spiro atoms. The van der Waals surface area contributed by atoms with Gasteiger partial charge in [-0.05, 0) is 38.5 Å². The topological polar surface area (TPSA) is 78.9 Å². The summed E-state index contributed by atoms with van der Waals surface area (Å²) < 4.78 is 4.40. The van der Waals surface area contributed by atoms with Gasteiger partial charge in [0.25, 0.3) is 5.56 Å². The first-order valence-corrected chi connectivity index (χ1v) is 8.01. The zero-order valence-electron chi connectivity index (χ0n) is 13.8. The molecule has 3 rings (SSSR count). The van der Waals surface area contributed by atoms with Crippen molar-refractivity contribution in [2.24, 2.45) is 25.9 Å². The molecule has 0 aromatic carbocycles. The normalized spacial score (nSPS) is 21.7. The van der Waals surface area contributed by atoms with Crippen LogP contribution in [-0.2, 0) is 25.4 Å². The predicted molar refractivity (Wildman–Crippen MR) is 86.3 cm³/mol. The van der Waals surface area contributed by atoms with Gasteiger partial charge in [0.15, 0.2) is 11.2 Å². The Morgan fingerprint density at radius 1 is 1.22 bits per heavy atom. The van der Waals surface area contributed by atoms with E-state index >= 15 is 0 Å².